The van der Waals surface area contributed by atoms with Crippen molar-refractivity contribution in [1.82, 2.24) is 16.0 Å². The van der Waals surface area contributed by atoms with E-state index in [1.54, 1.807) is 0 Å². The molecular formula is C26H50N3NaS4. The third-order valence-corrected chi connectivity index (χ3v) is 7.79. The van der Waals surface area contributed by atoms with E-state index in [-0.39, 0.29) is 29.6 Å². The largest absolute Gasteiger partial charge is 1.00 e. The van der Waals surface area contributed by atoms with Crippen molar-refractivity contribution in [3.05, 3.63) is 0 Å². The zero-order chi connectivity index (χ0) is 24.2. The third kappa shape index (κ3) is 21.4. The van der Waals surface area contributed by atoms with Crippen LogP contribution in [-0.4, -0.2) is 34.3 Å². The molecule has 0 amide bonds. The molecule has 0 aromatic carbocycles. The van der Waals surface area contributed by atoms with Crippen molar-refractivity contribution in [2.45, 2.75) is 122 Å². The minimum absolute atomic E-state index is 0. The normalized spacial score (nSPS) is 19.4. The molecule has 0 atom stereocenters. The van der Waals surface area contributed by atoms with Crippen molar-refractivity contribution >= 4 is 58.3 Å². The van der Waals surface area contributed by atoms with E-state index in [1.807, 2.05) is 0 Å². The number of thiol groups is 1. The van der Waals surface area contributed by atoms with Crippen LogP contribution < -0.4 is 45.5 Å². The van der Waals surface area contributed by atoms with Gasteiger partial charge in [-0.05, 0) is 44.1 Å². The molecule has 3 saturated carbocycles. The molecule has 3 nitrogen and oxygen atoms in total. The predicted octanol–water partition coefficient (Wildman–Crippen LogP) is 4.07. The van der Waals surface area contributed by atoms with Gasteiger partial charge in [0.2, 0.25) is 0 Å². The predicted molar refractivity (Wildman–Crippen MR) is 160 cm³/mol. The SMILES string of the molecule is CCNC1CCCCC1.S=C(S)NCCC1CCCCC1.S=C([S-])NCCC1CCCCC1.[Na+]. The molecule has 0 heterocycles. The van der Waals surface area contributed by atoms with Crippen molar-refractivity contribution < 1.29 is 29.6 Å². The first-order valence-electron chi connectivity index (χ1n) is 13.7. The fraction of sp³-hybridized carbons (Fsp3) is 0.923. The standard InChI is InChI=1S/2C9H17NS2.C8H17N.Na/c2*11-9(12)10-7-6-8-4-2-1-3-5-8;1-2-9-8-6-4-3-5-7-8;/h2*8H,1-7H2,(H2,10,11,12);8-9H,2-7H2,1H3;/q;;;+1/p-1. The summed E-state index contributed by atoms with van der Waals surface area (Å²) >= 11 is 18.4. The molecule has 0 aliphatic heterocycles. The molecule has 0 saturated heterocycles. The molecule has 8 heteroatoms. The van der Waals surface area contributed by atoms with E-state index in [4.69, 9.17) is 37.1 Å². The summed E-state index contributed by atoms with van der Waals surface area (Å²) in [5.74, 6) is 1.87. The van der Waals surface area contributed by atoms with E-state index in [2.05, 4.69) is 35.5 Å². The van der Waals surface area contributed by atoms with Crippen LogP contribution in [0.2, 0.25) is 0 Å². The second kappa shape index (κ2) is 24.6. The number of thiocarbonyl (C=S) groups is 2. The van der Waals surface area contributed by atoms with E-state index in [0.29, 0.717) is 8.64 Å². The van der Waals surface area contributed by atoms with Gasteiger partial charge in [-0.25, -0.2) is 0 Å². The topological polar surface area (TPSA) is 36.1 Å². The monoisotopic (exact) mass is 555 g/mol. The van der Waals surface area contributed by atoms with Gasteiger partial charge in [-0.3, -0.25) is 0 Å². The van der Waals surface area contributed by atoms with Crippen molar-refractivity contribution in [3.8, 4) is 0 Å². The Hall–Kier alpha value is 1.31. The quantitative estimate of drug-likeness (QED) is 0.157. The summed E-state index contributed by atoms with van der Waals surface area (Å²) in [6.07, 6.45) is 23.9. The van der Waals surface area contributed by atoms with Gasteiger partial charge in [0.25, 0.3) is 0 Å². The van der Waals surface area contributed by atoms with Crippen LogP contribution >= 0.6 is 37.1 Å². The molecule has 3 rings (SSSR count). The summed E-state index contributed by atoms with van der Waals surface area (Å²) in [5.41, 5.74) is 0. The second-order valence-electron chi connectivity index (χ2n) is 9.92. The van der Waals surface area contributed by atoms with Gasteiger partial charge < -0.3 is 40.8 Å². The van der Waals surface area contributed by atoms with Crippen molar-refractivity contribution in [3.63, 3.8) is 0 Å². The molecular weight excluding hydrogens is 506 g/mol. The second-order valence-corrected chi connectivity index (χ2v) is 12.2. The summed E-state index contributed by atoms with van der Waals surface area (Å²) in [7, 11) is 0. The Labute approximate surface area is 255 Å². The molecule has 0 spiro atoms. The Morgan fingerprint density at radius 2 is 1.15 bits per heavy atom. The zero-order valence-electron chi connectivity index (χ0n) is 22.0. The summed E-state index contributed by atoms with van der Waals surface area (Å²) in [5, 5.41) is 9.61. The van der Waals surface area contributed by atoms with E-state index in [9.17, 15) is 0 Å². The fourth-order valence-electron chi connectivity index (χ4n) is 5.31. The molecule has 3 N–H and O–H groups in total. The van der Waals surface area contributed by atoms with Gasteiger partial charge in [0.05, 0.1) is 0 Å². The van der Waals surface area contributed by atoms with E-state index < -0.39 is 0 Å². The van der Waals surface area contributed by atoms with Crippen LogP contribution in [0.3, 0.4) is 0 Å². The molecule has 0 bridgehead atoms. The number of hydrogen-bond donors (Lipinski definition) is 4. The molecule has 194 valence electrons. The van der Waals surface area contributed by atoms with Crippen LogP contribution in [0, 0.1) is 11.8 Å². The Morgan fingerprint density at radius 1 is 0.735 bits per heavy atom. The van der Waals surface area contributed by atoms with Gasteiger partial charge in [0.1, 0.15) is 4.32 Å². The van der Waals surface area contributed by atoms with Crippen LogP contribution in [-0.2, 0) is 12.6 Å². The maximum atomic E-state index is 4.82. The molecule has 0 radical (unpaired) electrons. The first-order chi connectivity index (χ1) is 16.0. The van der Waals surface area contributed by atoms with E-state index >= 15 is 0 Å². The Morgan fingerprint density at radius 3 is 1.53 bits per heavy atom. The number of rotatable bonds is 8. The van der Waals surface area contributed by atoms with Crippen molar-refractivity contribution in [2.24, 2.45) is 11.8 Å². The van der Waals surface area contributed by atoms with Crippen LogP contribution in [0.4, 0.5) is 0 Å². The first kappa shape index (κ1) is 35.3. The maximum absolute atomic E-state index is 4.82. The average molecular weight is 556 g/mol. The Balaban J connectivity index is 0.000000479. The Kier molecular flexibility index (Phi) is 25.6. The summed E-state index contributed by atoms with van der Waals surface area (Å²) < 4.78 is 1.15. The van der Waals surface area contributed by atoms with Gasteiger partial charge in [-0.1, -0.05) is 107 Å². The molecule has 0 aromatic heterocycles. The van der Waals surface area contributed by atoms with Gasteiger partial charge >= 0.3 is 29.6 Å². The third-order valence-electron chi connectivity index (χ3n) is 7.20. The fourth-order valence-corrected chi connectivity index (χ4v) is 5.73. The van der Waals surface area contributed by atoms with E-state index in [0.717, 1.165) is 37.5 Å². The van der Waals surface area contributed by atoms with Crippen molar-refractivity contribution in [2.75, 3.05) is 19.6 Å². The molecule has 34 heavy (non-hydrogen) atoms. The average Bonchev–Trinajstić information content (AvgIpc) is 2.82. The number of nitrogens with one attached hydrogen (secondary N) is 3. The van der Waals surface area contributed by atoms with Gasteiger partial charge in [-0.15, -0.1) is 12.6 Å². The summed E-state index contributed by atoms with van der Waals surface area (Å²) in [4.78, 5) is 0. The molecule has 0 aromatic rings. The van der Waals surface area contributed by atoms with E-state index in [1.165, 1.54) is 109 Å². The molecule has 3 fully saturated rings. The van der Waals surface area contributed by atoms with Crippen LogP contribution in [0.1, 0.15) is 116 Å². The van der Waals surface area contributed by atoms with Crippen LogP contribution in [0.15, 0.2) is 0 Å². The summed E-state index contributed by atoms with van der Waals surface area (Å²) in [6, 6.07) is 0.851. The maximum Gasteiger partial charge on any atom is 1.00 e. The van der Waals surface area contributed by atoms with Crippen LogP contribution in [0.25, 0.3) is 0 Å². The van der Waals surface area contributed by atoms with Crippen LogP contribution in [0.5, 0.6) is 0 Å². The molecule has 0 unspecified atom stereocenters. The minimum Gasteiger partial charge on any atom is -0.412 e. The van der Waals surface area contributed by atoms with Gasteiger partial charge in [-0.2, -0.15) is 0 Å². The van der Waals surface area contributed by atoms with Crippen molar-refractivity contribution in [1.29, 1.82) is 0 Å². The zero-order valence-corrected chi connectivity index (χ0v) is 27.4. The number of hydrogen-bond acceptors (Lipinski definition) is 4. The smallest absolute Gasteiger partial charge is 0.412 e. The molecule has 3 aliphatic rings. The Bertz CT molecular complexity index is 456. The summed E-state index contributed by atoms with van der Waals surface area (Å²) in [6.45, 7) is 5.32. The van der Waals surface area contributed by atoms with Gasteiger partial charge in [0, 0.05) is 19.1 Å². The minimum atomic E-state index is 0. The van der Waals surface area contributed by atoms with Gasteiger partial charge in [0.15, 0.2) is 0 Å². The molecule has 3 aliphatic carbocycles. The first-order valence-corrected chi connectivity index (χ1v) is 15.3.